The van der Waals surface area contributed by atoms with Crippen molar-refractivity contribution in [2.45, 2.75) is 27.1 Å². The second-order valence-electron chi connectivity index (χ2n) is 3.88. The molecule has 0 unspecified atom stereocenters. The molecule has 0 aliphatic rings. The third kappa shape index (κ3) is 3.59. The number of rotatable bonds is 5. The summed E-state index contributed by atoms with van der Waals surface area (Å²) < 4.78 is 10.2. The van der Waals surface area contributed by atoms with Crippen LogP contribution in [0.25, 0.3) is 0 Å². The van der Waals surface area contributed by atoms with Gasteiger partial charge in [0.25, 0.3) is 0 Å². The third-order valence-corrected chi connectivity index (χ3v) is 4.23. The molecule has 0 N–H and O–H groups in total. The highest BCUT2D eigenvalue weighted by Crippen LogP contribution is 2.19. The Balaban J connectivity index is 1.95. The Bertz CT molecular complexity index is 577. The molecule has 0 saturated carbocycles. The van der Waals surface area contributed by atoms with Gasteiger partial charge in [-0.1, -0.05) is 0 Å². The van der Waals surface area contributed by atoms with Crippen molar-refractivity contribution in [2.24, 2.45) is 0 Å². The van der Waals surface area contributed by atoms with Crippen LogP contribution in [0.1, 0.15) is 31.1 Å². The zero-order valence-electron chi connectivity index (χ0n) is 10.9. The first kappa shape index (κ1) is 14.1. The monoisotopic (exact) mass is 298 g/mol. The summed E-state index contributed by atoms with van der Waals surface area (Å²) in [6, 6.07) is 0. The number of esters is 1. The Morgan fingerprint density at radius 1 is 1.32 bits per heavy atom. The van der Waals surface area contributed by atoms with Gasteiger partial charge in [0, 0.05) is 12.5 Å². The fraction of sp³-hybridized carbons (Fsp3) is 0.417. The van der Waals surface area contributed by atoms with E-state index in [2.05, 4.69) is 9.97 Å². The maximum absolute atomic E-state index is 11.8. The van der Waals surface area contributed by atoms with Crippen LogP contribution < -0.4 is 0 Å². The van der Waals surface area contributed by atoms with Crippen LogP contribution in [0.15, 0.2) is 5.38 Å². The van der Waals surface area contributed by atoms with Crippen molar-refractivity contribution in [2.75, 3.05) is 7.11 Å². The fourth-order valence-electron chi connectivity index (χ4n) is 1.51. The Morgan fingerprint density at radius 2 is 2.11 bits per heavy atom. The van der Waals surface area contributed by atoms with Crippen molar-refractivity contribution >= 4 is 28.6 Å². The predicted octanol–water partition coefficient (Wildman–Crippen LogP) is 2.72. The average molecular weight is 298 g/mol. The summed E-state index contributed by atoms with van der Waals surface area (Å²) in [6.45, 7) is 4.49. The van der Waals surface area contributed by atoms with Crippen LogP contribution in [-0.2, 0) is 22.7 Å². The molecule has 0 bridgehead atoms. The second-order valence-corrected chi connectivity index (χ2v) is 6.11. The summed E-state index contributed by atoms with van der Waals surface area (Å²) in [7, 11) is 1.59. The summed E-state index contributed by atoms with van der Waals surface area (Å²) in [6.07, 6.45) is 0. The van der Waals surface area contributed by atoms with E-state index in [4.69, 9.17) is 9.47 Å². The van der Waals surface area contributed by atoms with Gasteiger partial charge in [0.1, 0.15) is 11.6 Å². The maximum atomic E-state index is 11.8. The normalized spacial score (nSPS) is 10.7. The molecule has 2 aromatic heterocycles. The summed E-state index contributed by atoms with van der Waals surface area (Å²) in [5, 5.41) is 3.42. The van der Waals surface area contributed by atoms with Gasteiger partial charge in [-0.2, -0.15) is 0 Å². The molecule has 7 heteroatoms. The highest BCUT2D eigenvalue weighted by atomic mass is 32.1. The lowest BCUT2D eigenvalue weighted by atomic mass is 10.4. The molecule has 2 rings (SSSR count). The first-order valence-corrected chi connectivity index (χ1v) is 7.33. The van der Waals surface area contributed by atoms with Crippen LogP contribution in [0.3, 0.4) is 0 Å². The van der Waals surface area contributed by atoms with E-state index in [1.54, 1.807) is 12.5 Å². The Labute approximate surface area is 119 Å². The number of methoxy groups -OCH3 is 1. The number of aromatic nitrogens is 2. The van der Waals surface area contributed by atoms with Crippen LogP contribution in [0.4, 0.5) is 0 Å². The first-order chi connectivity index (χ1) is 9.10. The lowest BCUT2D eigenvalue weighted by Gasteiger charge is -2.01. The molecule has 102 valence electrons. The Morgan fingerprint density at radius 3 is 2.74 bits per heavy atom. The van der Waals surface area contributed by atoms with E-state index in [0.29, 0.717) is 12.3 Å². The van der Waals surface area contributed by atoms with Crippen LogP contribution in [0, 0.1) is 13.8 Å². The third-order valence-electron chi connectivity index (χ3n) is 2.36. The van der Waals surface area contributed by atoms with Gasteiger partial charge in [0.15, 0.2) is 5.69 Å². The van der Waals surface area contributed by atoms with E-state index in [-0.39, 0.29) is 6.61 Å². The molecule has 0 radical (unpaired) electrons. The Kier molecular flexibility index (Phi) is 4.62. The maximum Gasteiger partial charge on any atom is 0.358 e. The molecular formula is C12H14N2O3S2. The molecular weight excluding hydrogens is 284 g/mol. The molecule has 0 saturated heterocycles. The summed E-state index contributed by atoms with van der Waals surface area (Å²) in [5.74, 6) is -0.413. The SMILES string of the molecule is COCc1nc(C(=O)OCc2sc(C)nc2C)cs1. The second kappa shape index (κ2) is 6.23. The van der Waals surface area contributed by atoms with E-state index in [1.807, 2.05) is 13.8 Å². The number of aryl methyl sites for hydroxylation is 2. The number of carbonyl (C=O) groups excluding carboxylic acids is 1. The lowest BCUT2D eigenvalue weighted by molar-refractivity contribution is 0.0469. The molecule has 0 aliphatic heterocycles. The van der Waals surface area contributed by atoms with Gasteiger partial charge in [0.2, 0.25) is 0 Å². The van der Waals surface area contributed by atoms with E-state index >= 15 is 0 Å². The average Bonchev–Trinajstić information content (AvgIpc) is 2.94. The van der Waals surface area contributed by atoms with Crippen molar-refractivity contribution in [1.82, 2.24) is 9.97 Å². The zero-order chi connectivity index (χ0) is 13.8. The molecule has 0 spiro atoms. The minimum Gasteiger partial charge on any atom is -0.455 e. The fourth-order valence-corrected chi connectivity index (χ4v) is 3.09. The number of carbonyl (C=O) groups is 1. The number of hydrogen-bond donors (Lipinski definition) is 0. The molecule has 2 aromatic rings. The minimum absolute atomic E-state index is 0.243. The molecule has 0 amide bonds. The molecule has 2 heterocycles. The van der Waals surface area contributed by atoms with Crippen LogP contribution in [0.5, 0.6) is 0 Å². The van der Waals surface area contributed by atoms with E-state index in [9.17, 15) is 4.79 Å². The predicted molar refractivity (Wildman–Crippen MR) is 73.5 cm³/mol. The van der Waals surface area contributed by atoms with Crippen LogP contribution >= 0.6 is 22.7 Å². The lowest BCUT2D eigenvalue weighted by Crippen LogP contribution is -2.06. The van der Waals surface area contributed by atoms with Crippen molar-refractivity contribution < 1.29 is 14.3 Å². The number of thiazole rings is 2. The van der Waals surface area contributed by atoms with Crippen LogP contribution in [0.2, 0.25) is 0 Å². The van der Waals surface area contributed by atoms with Gasteiger partial charge in [0.05, 0.1) is 22.2 Å². The molecule has 0 aromatic carbocycles. The number of hydrogen-bond acceptors (Lipinski definition) is 7. The first-order valence-electron chi connectivity index (χ1n) is 5.63. The van der Waals surface area contributed by atoms with Gasteiger partial charge in [-0.05, 0) is 13.8 Å². The van der Waals surface area contributed by atoms with E-state index in [1.165, 1.54) is 22.7 Å². The van der Waals surface area contributed by atoms with Gasteiger partial charge >= 0.3 is 5.97 Å². The van der Waals surface area contributed by atoms with Crippen molar-refractivity contribution in [3.8, 4) is 0 Å². The van der Waals surface area contributed by atoms with Crippen molar-refractivity contribution in [3.63, 3.8) is 0 Å². The quantitative estimate of drug-likeness (QED) is 0.794. The number of nitrogens with zero attached hydrogens (tertiary/aromatic N) is 2. The largest absolute Gasteiger partial charge is 0.455 e. The van der Waals surface area contributed by atoms with Gasteiger partial charge < -0.3 is 9.47 Å². The topological polar surface area (TPSA) is 61.3 Å². The molecule has 5 nitrogen and oxygen atoms in total. The highest BCUT2D eigenvalue weighted by Gasteiger charge is 2.14. The standard InChI is InChI=1S/C12H14N2O3S2/c1-7-10(19-8(2)13-7)4-17-12(15)9-6-18-11(14-9)5-16-3/h6H,4-5H2,1-3H3. The summed E-state index contributed by atoms with van der Waals surface area (Å²) in [5.41, 5.74) is 1.24. The van der Waals surface area contributed by atoms with Gasteiger partial charge in [-0.25, -0.2) is 14.8 Å². The minimum atomic E-state index is -0.413. The molecule has 0 aliphatic carbocycles. The van der Waals surface area contributed by atoms with E-state index in [0.717, 1.165) is 20.6 Å². The Hall–Kier alpha value is -1.31. The molecule has 0 atom stereocenters. The molecule has 19 heavy (non-hydrogen) atoms. The summed E-state index contributed by atoms with van der Waals surface area (Å²) >= 11 is 2.92. The van der Waals surface area contributed by atoms with E-state index < -0.39 is 5.97 Å². The van der Waals surface area contributed by atoms with Crippen LogP contribution in [-0.4, -0.2) is 23.0 Å². The molecule has 0 fully saturated rings. The number of ether oxygens (including phenoxy) is 2. The smallest absolute Gasteiger partial charge is 0.358 e. The van der Waals surface area contributed by atoms with Crippen molar-refractivity contribution in [3.05, 3.63) is 31.7 Å². The summed E-state index contributed by atoms with van der Waals surface area (Å²) in [4.78, 5) is 21.2. The van der Waals surface area contributed by atoms with Gasteiger partial charge in [-0.3, -0.25) is 0 Å². The highest BCUT2D eigenvalue weighted by molar-refractivity contribution is 7.11. The van der Waals surface area contributed by atoms with Crippen molar-refractivity contribution in [1.29, 1.82) is 0 Å². The zero-order valence-corrected chi connectivity index (χ0v) is 12.6. The van der Waals surface area contributed by atoms with Gasteiger partial charge in [-0.15, -0.1) is 22.7 Å².